The van der Waals surface area contributed by atoms with Crippen molar-refractivity contribution in [1.82, 2.24) is 14.9 Å². The number of sulfonamides is 1. The van der Waals surface area contributed by atoms with Crippen molar-refractivity contribution in [2.24, 2.45) is 0 Å². The second-order valence-electron chi connectivity index (χ2n) is 6.66. The molecule has 0 aliphatic carbocycles. The Balaban J connectivity index is 1.54. The van der Waals surface area contributed by atoms with E-state index >= 15 is 0 Å². The molecule has 1 fully saturated rings. The molecule has 2 N–H and O–H groups in total. The van der Waals surface area contributed by atoms with Gasteiger partial charge in [-0.2, -0.15) is 0 Å². The predicted octanol–water partition coefficient (Wildman–Crippen LogP) is 1.02. The van der Waals surface area contributed by atoms with Gasteiger partial charge in [0.05, 0.1) is 11.3 Å². The molecule has 0 saturated carbocycles. The van der Waals surface area contributed by atoms with Crippen LogP contribution >= 0.6 is 0 Å². The molecule has 1 unspecified atom stereocenters. The molecule has 0 aromatic heterocycles. The molecule has 2 aliphatic rings. The highest BCUT2D eigenvalue weighted by Gasteiger charge is 2.31. The summed E-state index contributed by atoms with van der Waals surface area (Å²) in [5.74, 6) is 0.922. The van der Waals surface area contributed by atoms with Crippen LogP contribution in [0.4, 0.5) is 4.79 Å². The summed E-state index contributed by atoms with van der Waals surface area (Å²) >= 11 is 0. The smallest absolute Gasteiger partial charge is 0.317 e. The predicted molar refractivity (Wildman–Crippen MR) is 95.3 cm³/mol. The summed E-state index contributed by atoms with van der Waals surface area (Å²) in [4.78, 5) is 14.2. The maximum atomic E-state index is 12.5. The van der Waals surface area contributed by atoms with E-state index in [1.165, 1.54) is 7.05 Å². The lowest BCUT2D eigenvalue weighted by Gasteiger charge is -2.34. The van der Waals surface area contributed by atoms with Crippen LogP contribution in [0.5, 0.6) is 5.75 Å². The van der Waals surface area contributed by atoms with Crippen molar-refractivity contribution < 1.29 is 17.9 Å². The Bertz CT molecular complexity index is 742. The van der Waals surface area contributed by atoms with Gasteiger partial charge in [0.2, 0.25) is 10.0 Å². The van der Waals surface area contributed by atoms with Gasteiger partial charge in [0.15, 0.2) is 0 Å². The van der Waals surface area contributed by atoms with Crippen LogP contribution in [0.3, 0.4) is 0 Å². The van der Waals surface area contributed by atoms with E-state index < -0.39 is 15.3 Å². The van der Waals surface area contributed by atoms with E-state index in [4.69, 9.17) is 4.74 Å². The summed E-state index contributed by atoms with van der Waals surface area (Å²) in [7, 11) is -1.84. The zero-order valence-electron chi connectivity index (χ0n) is 14.6. The molecule has 2 heterocycles. The van der Waals surface area contributed by atoms with Gasteiger partial charge in [0.1, 0.15) is 12.4 Å². The Hall–Kier alpha value is -1.80. The number of aryl methyl sites for hydroxylation is 1. The minimum atomic E-state index is -3.26. The van der Waals surface area contributed by atoms with Gasteiger partial charge in [-0.15, -0.1) is 0 Å². The van der Waals surface area contributed by atoms with Crippen LogP contribution in [0.2, 0.25) is 0 Å². The van der Waals surface area contributed by atoms with Gasteiger partial charge >= 0.3 is 6.03 Å². The van der Waals surface area contributed by atoms with Gasteiger partial charge in [0.25, 0.3) is 0 Å². The lowest BCUT2D eigenvalue weighted by molar-refractivity contribution is 0.171. The number of nitrogens with one attached hydrogen (secondary N) is 2. The molecular weight excluding hydrogens is 342 g/mol. The molecule has 3 rings (SSSR count). The van der Waals surface area contributed by atoms with E-state index in [1.807, 2.05) is 25.1 Å². The molecule has 7 nitrogen and oxygen atoms in total. The van der Waals surface area contributed by atoms with Gasteiger partial charge in [-0.05, 0) is 44.4 Å². The minimum Gasteiger partial charge on any atom is -0.491 e. The third kappa shape index (κ3) is 3.90. The van der Waals surface area contributed by atoms with E-state index in [1.54, 1.807) is 4.90 Å². The van der Waals surface area contributed by atoms with Crippen LogP contribution in [-0.4, -0.2) is 57.4 Å². The molecule has 138 valence electrons. The van der Waals surface area contributed by atoms with E-state index in [-0.39, 0.29) is 12.1 Å². The molecule has 2 amide bonds. The number of amides is 2. The fourth-order valence-electron chi connectivity index (χ4n) is 3.48. The van der Waals surface area contributed by atoms with Crippen molar-refractivity contribution in [1.29, 1.82) is 0 Å². The van der Waals surface area contributed by atoms with Gasteiger partial charge < -0.3 is 15.0 Å². The number of carbonyl (C=O) groups excluding carboxylic acids is 1. The Kier molecular flexibility index (Phi) is 5.19. The Morgan fingerprint density at radius 1 is 1.28 bits per heavy atom. The number of fused-ring (bicyclic) bond motifs is 1. The number of carbonyl (C=O) groups is 1. The molecule has 1 aromatic rings. The van der Waals surface area contributed by atoms with Crippen molar-refractivity contribution in [3.8, 4) is 5.75 Å². The standard InChI is InChI=1S/C17H25N3O4S/c1-12-4-3-5-13-10-14(11-24-16(12)13)19-17(21)20-8-6-15(7-9-20)25(22,23)18-2/h3-5,14-15,18H,6-11H2,1-2H3,(H,19,21). The molecule has 1 atom stereocenters. The van der Waals surface area contributed by atoms with Crippen molar-refractivity contribution in [3.05, 3.63) is 29.3 Å². The average molecular weight is 367 g/mol. The highest BCUT2D eigenvalue weighted by molar-refractivity contribution is 7.90. The molecule has 25 heavy (non-hydrogen) atoms. The summed E-state index contributed by atoms with van der Waals surface area (Å²) in [6.07, 6.45) is 1.66. The molecule has 0 spiro atoms. The van der Waals surface area contributed by atoms with Gasteiger partial charge in [-0.1, -0.05) is 18.2 Å². The topological polar surface area (TPSA) is 87.7 Å². The molecule has 2 aliphatic heterocycles. The summed E-state index contributed by atoms with van der Waals surface area (Å²) < 4.78 is 31.9. The van der Waals surface area contributed by atoms with Gasteiger partial charge in [-0.3, -0.25) is 0 Å². The van der Waals surface area contributed by atoms with E-state index in [9.17, 15) is 13.2 Å². The second-order valence-corrected chi connectivity index (χ2v) is 8.83. The van der Waals surface area contributed by atoms with E-state index in [2.05, 4.69) is 10.0 Å². The second kappa shape index (κ2) is 7.21. The highest BCUT2D eigenvalue weighted by Crippen LogP contribution is 2.28. The van der Waals surface area contributed by atoms with Crippen molar-refractivity contribution >= 4 is 16.1 Å². The number of piperidine rings is 1. The first-order valence-corrected chi connectivity index (χ1v) is 10.1. The molecular formula is C17H25N3O4S. The Morgan fingerprint density at radius 3 is 2.68 bits per heavy atom. The van der Waals surface area contributed by atoms with Crippen LogP contribution in [0, 0.1) is 6.92 Å². The fourth-order valence-corrected chi connectivity index (χ4v) is 4.65. The largest absolute Gasteiger partial charge is 0.491 e. The lowest BCUT2D eigenvalue weighted by Crippen LogP contribution is -2.52. The third-order valence-electron chi connectivity index (χ3n) is 4.97. The maximum absolute atomic E-state index is 12.5. The van der Waals surface area contributed by atoms with Crippen molar-refractivity contribution in [2.75, 3.05) is 26.7 Å². The van der Waals surface area contributed by atoms with Crippen LogP contribution in [0.15, 0.2) is 18.2 Å². The number of hydrogen-bond acceptors (Lipinski definition) is 4. The number of likely N-dealkylation sites (tertiary alicyclic amines) is 1. The van der Waals surface area contributed by atoms with Crippen molar-refractivity contribution in [2.45, 2.75) is 37.5 Å². The molecule has 1 aromatic carbocycles. The van der Waals surface area contributed by atoms with Crippen LogP contribution < -0.4 is 14.8 Å². The van der Waals surface area contributed by atoms with E-state index in [0.29, 0.717) is 32.5 Å². The number of hydrogen-bond donors (Lipinski definition) is 2. The molecule has 1 saturated heterocycles. The minimum absolute atomic E-state index is 0.0689. The van der Waals surface area contributed by atoms with Crippen LogP contribution in [0.1, 0.15) is 24.0 Å². The molecule has 0 radical (unpaired) electrons. The summed E-state index contributed by atoms with van der Waals surface area (Å²) in [5.41, 5.74) is 2.21. The van der Waals surface area contributed by atoms with Crippen molar-refractivity contribution in [3.63, 3.8) is 0 Å². The Morgan fingerprint density at radius 2 is 2.00 bits per heavy atom. The highest BCUT2D eigenvalue weighted by atomic mass is 32.2. The summed E-state index contributed by atoms with van der Waals surface area (Å²) in [6.45, 7) is 3.36. The number of ether oxygens (including phenoxy) is 1. The summed E-state index contributed by atoms with van der Waals surface area (Å²) in [5, 5.41) is 2.59. The number of nitrogens with zero attached hydrogens (tertiary/aromatic N) is 1. The zero-order valence-corrected chi connectivity index (χ0v) is 15.4. The first-order valence-electron chi connectivity index (χ1n) is 8.60. The van der Waals surface area contributed by atoms with Crippen LogP contribution in [-0.2, 0) is 16.4 Å². The SMILES string of the molecule is CNS(=O)(=O)C1CCN(C(=O)NC2COc3c(C)cccc3C2)CC1. The number of urea groups is 1. The third-order valence-corrected chi connectivity index (χ3v) is 6.89. The first-order chi connectivity index (χ1) is 11.9. The number of para-hydroxylation sites is 1. The normalized spacial score (nSPS) is 21.4. The zero-order chi connectivity index (χ0) is 18.0. The van der Waals surface area contributed by atoms with Gasteiger partial charge in [-0.25, -0.2) is 17.9 Å². The van der Waals surface area contributed by atoms with Crippen LogP contribution in [0.25, 0.3) is 0 Å². The lowest BCUT2D eigenvalue weighted by atomic mass is 10.00. The van der Waals surface area contributed by atoms with E-state index in [0.717, 1.165) is 23.3 Å². The average Bonchev–Trinajstić information content (AvgIpc) is 2.62. The fraction of sp³-hybridized carbons (Fsp3) is 0.588. The van der Waals surface area contributed by atoms with Gasteiger partial charge in [0, 0.05) is 13.1 Å². The monoisotopic (exact) mass is 367 g/mol. The first kappa shape index (κ1) is 18.0. The molecule has 8 heteroatoms. The number of rotatable bonds is 3. The summed E-state index contributed by atoms with van der Waals surface area (Å²) in [6, 6.07) is 5.82. The quantitative estimate of drug-likeness (QED) is 0.835. The maximum Gasteiger partial charge on any atom is 0.317 e. The number of benzene rings is 1. The molecule has 0 bridgehead atoms. The Labute approximate surface area is 148 Å².